The highest BCUT2D eigenvalue weighted by atomic mass is 32.1. The normalized spacial score (nSPS) is 9.78. The minimum Gasteiger partial charge on any atom is -0.497 e. The Morgan fingerprint density at radius 2 is 2.13 bits per heavy atom. The number of carbonyl (C=O) groups is 1. The van der Waals surface area contributed by atoms with Gasteiger partial charge in [0.1, 0.15) is 11.5 Å². The van der Waals surface area contributed by atoms with Gasteiger partial charge < -0.3 is 19.8 Å². The van der Waals surface area contributed by atoms with E-state index in [0.29, 0.717) is 11.7 Å². The van der Waals surface area contributed by atoms with Gasteiger partial charge in [-0.2, -0.15) is 0 Å². The largest absolute Gasteiger partial charge is 0.497 e. The number of ether oxygens (including phenoxy) is 1. The molecule has 1 heterocycles. The second-order valence-corrected chi connectivity index (χ2v) is 4.93. The van der Waals surface area contributed by atoms with E-state index in [-0.39, 0.29) is 12.5 Å². The summed E-state index contributed by atoms with van der Waals surface area (Å²) < 4.78 is 10.3. The number of hydrogen-bond acceptors (Lipinski definition) is 5. The molecule has 0 aliphatic carbocycles. The maximum absolute atomic E-state index is 11.7. The van der Waals surface area contributed by atoms with Crippen molar-refractivity contribution in [3.63, 3.8) is 0 Å². The predicted molar refractivity (Wildman–Crippen MR) is 90.9 cm³/mol. The van der Waals surface area contributed by atoms with Crippen LogP contribution in [0.5, 0.6) is 5.75 Å². The maximum atomic E-state index is 11.7. The topological polar surface area (TPSA) is 87.6 Å². The highest BCUT2D eigenvalue weighted by Gasteiger charge is 2.03. The van der Waals surface area contributed by atoms with Crippen molar-refractivity contribution in [3.8, 4) is 5.75 Å². The van der Waals surface area contributed by atoms with Crippen molar-refractivity contribution in [2.75, 3.05) is 19.0 Å². The number of hydrogen-bond donors (Lipinski definition) is 4. The molecule has 4 N–H and O–H groups in total. The van der Waals surface area contributed by atoms with Crippen LogP contribution in [0.25, 0.3) is 0 Å². The third-order valence-corrected chi connectivity index (χ3v) is 3.09. The van der Waals surface area contributed by atoms with Crippen LogP contribution in [0.4, 0.5) is 5.69 Å². The van der Waals surface area contributed by atoms with Gasteiger partial charge in [0.05, 0.1) is 26.5 Å². The summed E-state index contributed by atoms with van der Waals surface area (Å²) in [6.45, 7) is 0.539. The molecule has 23 heavy (non-hydrogen) atoms. The Balaban J connectivity index is 1.65. The van der Waals surface area contributed by atoms with Crippen molar-refractivity contribution in [2.24, 2.45) is 0 Å². The number of rotatable bonds is 6. The first-order valence-electron chi connectivity index (χ1n) is 6.90. The van der Waals surface area contributed by atoms with Crippen molar-refractivity contribution < 1.29 is 13.9 Å². The van der Waals surface area contributed by atoms with E-state index in [1.807, 2.05) is 24.3 Å². The van der Waals surface area contributed by atoms with Gasteiger partial charge in [-0.3, -0.25) is 15.6 Å². The van der Waals surface area contributed by atoms with Crippen LogP contribution >= 0.6 is 12.2 Å². The van der Waals surface area contributed by atoms with Gasteiger partial charge in [0.15, 0.2) is 5.11 Å². The van der Waals surface area contributed by atoms with Gasteiger partial charge >= 0.3 is 0 Å². The monoisotopic (exact) mass is 334 g/mol. The Labute approximate surface area is 139 Å². The molecule has 2 aromatic rings. The van der Waals surface area contributed by atoms with Gasteiger partial charge in [-0.15, -0.1) is 0 Å². The number of amides is 1. The maximum Gasteiger partial charge on any atom is 0.257 e. The summed E-state index contributed by atoms with van der Waals surface area (Å²) in [7, 11) is 1.59. The molecule has 1 aromatic carbocycles. The summed E-state index contributed by atoms with van der Waals surface area (Å²) in [6.07, 6.45) is 1.58. The molecule has 1 amide bonds. The van der Waals surface area contributed by atoms with Crippen LogP contribution in [0.2, 0.25) is 0 Å². The van der Waals surface area contributed by atoms with Crippen molar-refractivity contribution in [1.82, 2.24) is 16.2 Å². The number of hydrazine groups is 1. The second-order valence-electron chi connectivity index (χ2n) is 4.52. The fourth-order valence-corrected chi connectivity index (χ4v) is 1.83. The number of methoxy groups -OCH3 is 1. The lowest BCUT2D eigenvalue weighted by molar-refractivity contribution is -0.119. The molecule has 0 spiro atoms. The number of furan rings is 1. The lowest BCUT2D eigenvalue weighted by atomic mass is 10.3. The molecular formula is C15H18N4O3S. The molecule has 0 saturated carbocycles. The van der Waals surface area contributed by atoms with Crippen LogP contribution in [0.1, 0.15) is 5.76 Å². The average molecular weight is 334 g/mol. The molecule has 122 valence electrons. The Hall–Kier alpha value is -2.74. The molecule has 0 unspecified atom stereocenters. The molecule has 2 rings (SSSR count). The predicted octanol–water partition coefficient (Wildman–Crippen LogP) is 1.40. The molecule has 0 atom stereocenters. The molecule has 0 saturated heterocycles. The van der Waals surface area contributed by atoms with Crippen molar-refractivity contribution >= 4 is 28.9 Å². The number of anilines is 1. The van der Waals surface area contributed by atoms with Crippen LogP contribution in [0, 0.1) is 0 Å². The van der Waals surface area contributed by atoms with Gasteiger partial charge in [-0.1, -0.05) is 6.07 Å². The Kier molecular flexibility index (Phi) is 6.25. The molecule has 8 heteroatoms. The van der Waals surface area contributed by atoms with Crippen molar-refractivity contribution in [3.05, 3.63) is 48.4 Å². The van der Waals surface area contributed by atoms with Crippen LogP contribution in [0.15, 0.2) is 47.1 Å². The summed E-state index contributed by atoms with van der Waals surface area (Å²) in [5, 5.41) is 6.19. The quantitative estimate of drug-likeness (QED) is 0.469. The lowest BCUT2D eigenvalue weighted by Gasteiger charge is -2.12. The van der Waals surface area contributed by atoms with Crippen LogP contribution in [-0.2, 0) is 11.3 Å². The molecule has 0 radical (unpaired) electrons. The zero-order chi connectivity index (χ0) is 16.5. The first-order valence-corrected chi connectivity index (χ1v) is 7.31. The van der Waals surface area contributed by atoms with Crippen molar-refractivity contribution in [2.45, 2.75) is 6.54 Å². The SMILES string of the molecule is COc1cccc(NCC(=O)NNC(=S)NCc2ccco2)c1. The van der Waals surface area contributed by atoms with Gasteiger partial charge in [0, 0.05) is 11.8 Å². The molecule has 0 fully saturated rings. The minimum atomic E-state index is -0.255. The molecule has 0 aliphatic heterocycles. The summed E-state index contributed by atoms with van der Waals surface area (Å²) in [6, 6.07) is 10.9. The zero-order valence-corrected chi connectivity index (χ0v) is 13.4. The highest BCUT2D eigenvalue weighted by Crippen LogP contribution is 2.16. The first kappa shape index (κ1) is 16.6. The lowest BCUT2D eigenvalue weighted by Crippen LogP contribution is -2.48. The molecule has 1 aromatic heterocycles. The van der Waals surface area contributed by atoms with E-state index in [4.69, 9.17) is 21.4 Å². The third kappa shape index (κ3) is 5.87. The Morgan fingerprint density at radius 3 is 2.87 bits per heavy atom. The smallest absolute Gasteiger partial charge is 0.257 e. The van der Waals surface area contributed by atoms with E-state index in [0.717, 1.165) is 17.2 Å². The van der Waals surface area contributed by atoms with E-state index in [9.17, 15) is 4.79 Å². The highest BCUT2D eigenvalue weighted by molar-refractivity contribution is 7.80. The Bertz CT molecular complexity index is 646. The van der Waals surface area contributed by atoms with Gasteiger partial charge in [-0.25, -0.2) is 0 Å². The van der Waals surface area contributed by atoms with E-state index >= 15 is 0 Å². The number of carbonyl (C=O) groups excluding carboxylic acids is 1. The van der Waals surface area contributed by atoms with Crippen LogP contribution in [-0.4, -0.2) is 24.7 Å². The van der Waals surface area contributed by atoms with Gasteiger partial charge in [0.2, 0.25) is 0 Å². The number of thiocarbonyl (C=S) groups is 1. The van der Waals surface area contributed by atoms with Crippen molar-refractivity contribution in [1.29, 1.82) is 0 Å². The fourth-order valence-electron chi connectivity index (χ4n) is 1.71. The van der Waals surface area contributed by atoms with E-state index < -0.39 is 0 Å². The van der Waals surface area contributed by atoms with Crippen LogP contribution < -0.4 is 26.2 Å². The summed E-state index contributed by atoms with van der Waals surface area (Å²) >= 11 is 5.04. The zero-order valence-electron chi connectivity index (χ0n) is 12.6. The molecule has 7 nitrogen and oxygen atoms in total. The molecule has 0 bridgehead atoms. The van der Waals surface area contributed by atoms with E-state index in [1.54, 1.807) is 25.5 Å². The standard InChI is InChI=1S/C15H18N4O3S/c1-21-12-5-2-4-11(8-12)16-10-14(20)18-19-15(23)17-9-13-6-3-7-22-13/h2-8,16H,9-10H2,1H3,(H,18,20)(H2,17,19,23). The second kappa shape index (κ2) is 8.64. The van der Waals surface area contributed by atoms with Crippen LogP contribution in [0.3, 0.4) is 0 Å². The summed E-state index contributed by atoms with van der Waals surface area (Å²) in [4.78, 5) is 11.7. The van der Waals surface area contributed by atoms with Gasteiger partial charge in [0.25, 0.3) is 5.91 Å². The molecule has 0 aliphatic rings. The van der Waals surface area contributed by atoms with E-state index in [2.05, 4.69) is 21.5 Å². The van der Waals surface area contributed by atoms with E-state index in [1.165, 1.54) is 0 Å². The Morgan fingerprint density at radius 1 is 1.26 bits per heavy atom. The number of benzene rings is 1. The summed E-state index contributed by atoms with van der Waals surface area (Å²) in [5.41, 5.74) is 5.90. The molecular weight excluding hydrogens is 316 g/mol. The summed E-state index contributed by atoms with van der Waals surface area (Å²) in [5.74, 6) is 1.21. The van der Waals surface area contributed by atoms with Gasteiger partial charge in [-0.05, 0) is 36.5 Å². The fraction of sp³-hybridized carbons (Fsp3) is 0.200. The number of nitrogens with one attached hydrogen (secondary N) is 4. The first-order chi connectivity index (χ1) is 11.2. The average Bonchev–Trinajstić information content (AvgIpc) is 3.10. The third-order valence-electron chi connectivity index (χ3n) is 2.84. The minimum absolute atomic E-state index is 0.0982.